The molecule has 0 aliphatic carbocycles. The van der Waals surface area contributed by atoms with Crippen LogP contribution < -0.4 is 0 Å². The van der Waals surface area contributed by atoms with Crippen LogP contribution in [0.4, 0.5) is 5.69 Å². The van der Waals surface area contributed by atoms with Crippen molar-refractivity contribution in [2.45, 2.75) is 6.42 Å². The summed E-state index contributed by atoms with van der Waals surface area (Å²) in [5.41, 5.74) is 2.11. The minimum atomic E-state index is 0.911. The zero-order valence-corrected chi connectivity index (χ0v) is 6.07. The molecule has 2 heterocycles. The van der Waals surface area contributed by atoms with E-state index < -0.39 is 0 Å². The number of fused-ring (bicyclic) bond motifs is 1. The first-order valence-electron chi connectivity index (χ1n) is 3.60. The number of rotatable bonds is 0. The number of hydrogen-bond acceptors (Lipinski definition) is 2. The first kappa shape index (κ1) is 6.28. The number of aromatic nitrogens is 1. The van der Waals surface area contributed by atoms with E-state index in [1.807, 2.05) is 18.5 Å². The summed E-state index contributed by atoms with van der Waals surface area (Å²) in [4.78, 5) is 8.27. The Balaban J connectivity index is 2.58. The Hall–Kier alpha value is -1.44. The van der Waals surface area contributed by atoms with Crippen LogP contribution in [0, 0.1) is 0 Å². The van der Waals surface area contributed by atoms with Crippen molar-refractivity contribution < 1.29 is 0 Å². The predicted octanol–water partition coefficient (Wildman–Crippen LogP) is 2.20. The third-order valence-electron chi connectivity index (χ3n) is 1.60. The summed E-state index contributed by atoms with van der Waals surface area (Å²) in [5.74, 6) is 0. The third-order valence-corrected chi connectivity index (χ3v) is 1.60. The van der Waals surface area contributed by atoms with Crippen LogP contribution in [0.3, 0.4) is 0 Å². The van der Waals surface area contributed by atoms with E-state index in [2.05, 4.69) is 22.1 Å². The first-order chi connectivity index (χ1) is 5.47. The van der Waals surface area contributed by atoms with E-state index in [1.165, 1.54) is 0 Å². The van der Waals surface area contributed by atoms with Gasteiger partial charge in [-0.2, -0.15) is 0 Å². The fourth-order valence-electron chi connectivity index (χ4n) is 1.05. The minimum Gasteiger partial charge on any atom is -0.264 e. The van der Waals surface area contributed by atoms with E-state index in [0.717, 1.165) is 17.7 Å². The van der Waals surface area contributed by atoms with Crippen LogP contribution in [0.2, 0.25) is 0 Å². The molecule has 2 rings (SSSR count). The minimum absolute atomic E-state index is 0.911. The molecule has 1 aromatic rings. The van der Waals surface area contributed by atoms with Gasteiger partial charge in [0, 0.05) is 30.6 Å². The van der Waals surface area contributed by atoms with Gasteiger partial charge in [0.1, 0.15) is 0 Å². The molecule has 0 bridgehead atoms. The third kappa shape index (κ3) is 1.19. The average molecular weight is 144 g/mol. The SMILES string of the molecule is C1=Cc2cnccc2N=CC1. The lowest BCUT2D eigenvalue weighted by molar-refractivity contribution is 1.30. The van der Waals surface area contributed by atoms with Gasteiger partial charge in [0.15, 0.2) is 0 Å². The molecule has 54 valence electrons. The van der Waals surface area contributed by atoms with E-state index in [9.17, 15) is 0 Å². The van der Waals surface area contributed by atoms with Crippen molar-refractivity contribution in [1.82, 2.24) is 4.98 Å². The lowest BCUT2D eigenvalue weighted by atomic mass is 10.2. The van der Waals surface area contributed by atoms with Crippen molar-refractivity contribution in [2.75, 3.05) is 0 Å². The number of allylic oxidation sites excluding steroid dienone is 1. The fourth-order valence-corrected chi connectivity index (χ4v) is 1.05. The molecule has 1 aliphatic heterocycles. The summed E-state index contributed by atoms with van der Waals surface area (Å²) in [6.45, 7) is 0. The van der Waals surface area contributed by atoms with Crippen LogP contribution in [0.5, 0.6) is 0 Å². The second-order valence-corrected chi connectivity index (χ2v) is 2.38. The summed E-state index contributed by atoms with van der Waals surface area (Å²) in [5, 5.41) is 0. The molecule has 0 radical (unpaired) electrons. The van der Waals surface area contributed by atoms with Gasteiger partial charge in [-0.3, -0.25) is 9.98 Å². The quantitative estimate of drug-likeness (QED) is 0.548. The molecule has 11 heavy (non-hydrogen) atoms. The van der Waals surface area contributed by atoms with Crippen molar-refractivity contribution in [3.63, 3.8) is 0 Å². The van der Waals surface area contributed by atoms with Crippen LogP contribution in [0.1, 0.15) is 12.0 Å². The molecule has 1 aromatic heterocycles. The second-order valence-electron chi connectivity index (χ2n) is 2.38. The molecule has 0 saturated heterocycles. The number of pyridine rings is 1. The van der Waals surface area contributed by atoms with Gasteiger partial charge in [-0.25, -0.2) is 0 Å². The highest BCUT2D eigenvalue weighted by Crippen LogP contribution is 2.20. The summed E-state index contributed by atoms with van der Waals surface area (Å²) < 4.78 is 0. The Morgan fingerprint density at radius 2 is 2.36 bits per heavy atom. The largest absolute Gasteiger partial charge is 0.264 e. The molecule has 0 unspecified atom stereocenters. The molecule has 0 amide bonds. The van der Waals surface area contributed by atoms with E-state index in [-0.39, 0.29) is 0 Å². The highest BCUT2D eigenvalue weighted by atomic mass is 14.7. The molecular formula is C9H8N2. The highest BCUT2D eigenvalue weighted by molar-refractivity contribution is 5.74. The summed E-state index contributed by atoms with van der Waals surface area (Å²) in [7, 11) is 0. The topological polar surface area (TPSA) is 25.2 Å². The second kappa shape index (κ2) is 2.66. The van der Waals surface area contributed by atoms with Gasteiger partial charge in [0.2, 0.25) is 0 Å². The molecule has 2 nitrogen and oxygen atoms in total. The Morgan fingerprint density at radius 3 is 3.36 bits per heavy atom. The Kier molecular flexibility index (Phi) is 1.52. The van der Waals surface area contributed by atoms with Crippen molar-refractivity contribution in [1.29, 1.82) is 0 Å². The smallest absolute Gasteiger partial charge is 0.0728 e. The van der Waals surface area contributed by atoms with Crippen LogP contribution in [-0.2, 0) is 0 Å². The van der Waals surface area contributed by atoms with Crippen LogP contribution >= 0.6 is 0 Å². The van der Waals surface area contributed by atoms with Gasteiger partial charge >= 0.3 is 0 Å². The van der Waals surface area contributed by atoms with Crippen molar-refractivity contribution in [2.24, 2.45) is 4.99 Å². The van der Waals surface area contributed by atoms with Gasteiger partial charge < -0.3 is 0 Å². The van der Waals surface area contributed by atoms with Gasteiger partial charge in [-0.15, -0.1) is 0 Å². The molecule has 0 fully saturated rings. The lowest BCUT2D eigenvalue weighted by Crippen LogP contribution is -1.75. The number of nitrogens with zero attached hydrogens (tertiary/aromatic N) is 2. The maximum Gasteiger partial charge on any atom is 0.0728 e. The summed E-state index contributed by atoms with van der Waals surface area (Å²) in [6.07, 6.45) is 10.5. The van der Waals surface area contributed by atoms with Gasteiger partial charge in [0.05, 0.1) is 5.69 Å². The normalized spacial score (nSPS) is 14.2. The van der Waals surface area contributed by atoms with Crippen LogP contribution in [-0.4, -0.2) is 11.2 Å². The Morgan fingerprint density at radius 1 is 1.36 bits per heavy atom. The van der Waals surface area contributed by atoms with Crippen LogP contribution in [0.15, 0.2) is 29.5 Å². The molecule has 2 heteroatoms. The zero-order valence-electron chi connectivity index (χ0n) is 6.07. The van der Waals surface area contributed by atoms with Crippen molar-refractivity contribution in [3.8, 4) is 0 Å². The summed E-state index contributed by atoms with van der Waals surface area (Å²) >= 11 is 0. The van der Waals surface area contributed by atoms with E-state index in [4.69, 9.17) is 0 Å². The maximum atomic E-state index is 4.26. The van der Waals surface area contributed by atoms with E-state index in [1.54, 1.807) is 6.20 Å². The van der Waals surface area contributed by atoms with E-state index >= 15 is 0 Å². The van der Waals surface area contributed by atoms with Crippen molar-refractivity contribution in [3.05, 3.63) is 30.1 Å². The molecule has 0 spiro atoms. The molecular weight excluding hydrogens is 136 g/mol. The number of aliphatic imine (C=N–C) groups is 1. The lowest BCUT2D eigenvalue weighted by Gasteiger charge is -1.94. The zero-order chi connectivity index (χ0) is 7.52. The first-order valence-corrected chi connectivity index (χ1v) is 3.60. The standard InChI is InChI=1S/C9H8N2/c1-2-5-11-9-4-6-10-7-8(9)3-1/h1,3-7H,2H2. The number of hydrogen-bond donors (Lipinski definition) is 0. The predicted molar refractivity (Wildman–Crippen MR) is 46.0 cm³/mol. The maximum absolute atomic E-state index is 4.26. The van der Waals surface area contributed by atoms with Crippen LogP contribution in [0.25, 0.3) is 6.08 Å². The fraction of sp³-hybridized carbons (Fsp3) is 0.111. The average Bonchev–Trinajstić information content (AvgIpc) is 2.28. The molecule has 0 atom stereocenters. The molecule has 0 N–H and O–H groups in total. The van der Waals surface area contributed by atoms with Gasteiger partial charge in [-0.05, 0) is 6.07 Å². The van der Waals surface area contributed by atoms with Crippen molar-refractivity contribution >= 4 is 18.0 Å². The highest BCUT2D eigenvalue weighted by Gasteiger charge is 1.97. The molecule has 1 aliphatic rings. The van der Waals surface area contributed by atoms with Gasteiger partial charge in [-0.1, -0.05) is 12.2 Å². The molecule has 0 saturated carbocycles. The van der Waals surface area contributed by atoms with E-state index in [0.29, 0.717) is 0 Å². The Labute approximate surface area is 65.3 Å². The monoisotopic (exact) mass is 144 g/mol. The van der Waals surface area contributed by atoms with Gasteiger partial charge in [0.25, 0.3) is 0 Å². The molecule has 0 aromatic carbocycles. The Bertz CT molecular complexity index is 282. The summed E-state index contributed by atoms with van der Waals surface area (Å²) in [6, 6.07) is 1.92.